The van der Waals surface area contributed by atoms with Gasteiger partial charge in [-0.25, -0.2) is 0 Å². The Morgan fingerprint density at radius 3 is 2.65 bits per heavy atom. The first kappa shape index (κ1) is 17.7. The first-order valence-corrected chi connectivity index (χ1v) is 7.91. The predicted molar refractivity (Wildman–Crippen MR) is 88.5 cm³/mol. The van der Waals surface area contributed by atoms with Gasteiger partial charge >= 0.3 is 6.18 Å². The van der Waals surface area contributed by atoms with E-state index in [9.17, 15) is 18.0 Å². The van der Waals surface area contributed by atoms with Gasteiger partial charge in [0.05, 0.1) is 17.2 Å². The highest BCUT2D eigenvalue weighted by molar-refractivity contribution is 5.90. The molecule has 1 saturated heterocycles. The molecular weight excluding hydrogens is 345 g/mol. The highest BCUT2D eigenvalue weighted by Crippen LogP contribution is 2.36. The Balaban J connectivity index is 1.80. The van der Waals surface area contributed by atoms with Crippen molar-refractivity contribution >= 4 is 11.6 Å². The van der Waals surface area contributed by atoms with Crippen molar-refractivity contribution in [3.63, 3.8) is 0 Å². The maximum Gasteiger partial charge on any atom is 0.417 e. The van der Waals surface area contributed by atoms with Crippen LogP contribution in [0.15, 0.2) is 36.5 Å². The maximum atomic E-state index is 13.1. The van der Waals surface area contributed by atoms with E-state index >= 15 is 0 Å². The minimum atomic E-state index is -4.57. The molecule has 1 aliphatic rings. The van der Waals surface area contributed by atoms with E-state index in [0.29, 0.717) is 18.8 Å². The molecule has 0 saturated carbocycles. The fourth-order valence-corrected chi connectivity index (χ4v) is 3.12. The summed E-state index contributed by atoms with van der Waals surface area (Å²) in [6, 6.07) is 8.65. The zero-order valence-electron chi connectivity index (χ0n) is 13.6. The molecule has 1 atom stereocenters. The van der Waals surface area contributed by atoms with Gasteiger partial charge in [0.1, 0.15) is 5.69 Å². The lowest BCUT2D eigenvalue weighted by atomic mass is 10.00. The Kier molecular flexibility index (Phi) is 4.55. The number of hydrogen-bond acceptors (Lipinski definition) is 4. The molecule has 134 valence electrons. The second-order valence-corrected chi connectivity index (χ2v) is 6.11. The lowest BCUT2D eigenvalue weighted by Crippen LogP contribution is -2.20. The summed E-state index contributed by atoms with van der Waals surface area (Å²) >= 11 is 0. The third-order valence-electron chi connectivity index (χ3n) is 4.49. The Labute approximate surface area is 147 Å². The molecule has 1 aromatic heterocycles. The summed E-state index contributed by atoms with van der Waals surface area (Å²) in [6.45, 7) is 1.12. The first-order chi connectivity index (χ1) is 12.3. The van der Waals surface area contributed by atoms with E-state index < -0.39 is 17.6 Å². The summed E-state index contributed by atoms with van der Waals surface area (Å²) in [5, 5.41) is 8.89. The molecule has 1 fully saturated rings. The van der Waals surface area contributed by atoms with E-state index in [0.717, 1.165) is 18.1 Å². The fraction of sp³-hybridized carbons (Fsp3) is 0.278. The number of amides is 1. The van der Waals surface area contributed by atoms with Crippen LogP contribution in [0.5, 0.6) is 0 Å². The molecule has 1 aliphatic heterocycles. The lowest BCUT2D eigenvalue weighted by Gasteiger charge is -2.21. The van der Waals surface area contributed by atoms with Crippen LogP contribution in [-0.4, -0.2) is 24.0 Å². The number of rotatable bonds is 3. The zero-order chi connectivity index (χ0) is 18.9. The summed E-state index contributed by atoms with van der Waals surface area (Å²) < 4.78 is 39.4. The van der Waals surface area contributed by atoms with Crippen molar-refractivity contribution in [1.29, 1.82) is 5.26 Å². The molecule has 0 radical (unpaired) electrons. The number of nitrogens with zero attached hydrogens (tertiary/aromatic N) is 3. The molecule has 0 spiro atoms. The molecule has 1 amide bonds. The number of benzene rings is 1. The standard InChI is InChI=1S/C18H15F3N4O/c19-18(20,21)15-7-14(3-1-11(15)8-22)25-6-5-13(10-25)12-2-4-16(17(23)26)24-9-12/h1-4,7,9,13H,5-6,10H2,(H2,23,26). The molecule has 1 unspecified atom stereocenters. The summed E-state index contributed by atoms with van der Waals surface area (Å²) in [5.41, 5.74) is 5.36. The van der Waals surface area contributed by atoms with Gasteiger partial charge in [-0.2, -0.15) is 18.4 Å². The van der Waals surface area contributed by atoms with E-state index in [-0.39, 0.29) is 17.2 Å². The second kappa shape index (κ2) is 6.67. The minimum Gasteiger partial charge on any atom is -0.371 e. The number of primary amides is 1. The minimum absolute atomic E-state index is 0.0920. The molecule has 2 heterocycles. The van der Waals surface area contributed by atoms with Gasteiger partial charge in [0.15, 0.2) is 0 Å². The van der Waals surface area contributed by atoms with Crippen LogP contribution in [0, 0.1) is 11.3 Å². The third kappa shape index (κ3) is 3.47. The average Bonchev–Trinajstić information content (AvgIpc) is 3.10. The highest BCUT2D eigenvalue weighted by Gasteiger charge is 2.35. The van der Waals surface area contributed by atoms with E-state index in [2.05, 4.69) is 4.98 Å². The van der Waals surface area contributed by atoms with E-state index in [4.69, 9.17) is 11.0 Å². The summed E-state index contributed by atoms with van der Waals surface area (Å²) in [6.07, 6.45) is -2.25. The SMILES string of the molecule is N#Cc1ccc(N2CCC(c3ccc(C(N)=O)nc3)C2)cc1C(F)(F)F. The number of hydrogen-bond donors (Lipinski definition) is 1. The van der Waals surface area contributed by atoms with Gasteiger partial charge < -0.3 is 10.6 Å². The van der Waals surface area contributed by atoms with Gasteiger partial charge in [0.25, 0.3) is 5.91 Å². The highest BCUT2D eigenvalue weighted by atomic mass is 19.4. The quantitative estimate of drug-likeness (QED) is 0.912. The Bertz CT molecular complexity index is 871. The molecule has 2 aromatic rings. The number of alkyl halides is 3. The number of carbonyl (C=O) groups excluding carboxylic acids is 1. The number of aromatic nitrogens is 1. The Hall–Kier alpha value is -3.08. The molecule has 3 rings (SSSR count). The van der Waals surface area contributed by atoms with Crippen LogP contribution in [0.2, 0.25) is 0 Å². The predicted octanol–water partition coefficient (Wildman–Crippen LogP) is 3.06. The normalized spacial score (nSPS) is 17.2. The fourth-order valence-electron chi connectivity index (χ4n) is 3.12. The van der Waals surface area contributed by atoms with Crippen molar-refractivity contribution in [2.75, 3.05) is 18.0 Å². The number of nitriles is 1. The van der Waals surface area contributed by atoms with Gasteiger partial charge in [-0.15, -0.1) is 0 Å². The van der Waals surface area contributed by atoms with Gasteiger partial charge in [-0.3, -0.25) is 9.78 Å². The molecule has 1 aromatic carbocycles. The van der Waals surface area contributed by atoms with Crippen molar-refractivity contribution in [2.45, 2.75) is 18.5 Å². The van der Waals surface area contributed by atoms with Crippen molar-refractivity contribution < 1.29 is 18.0 Å². The lowest BCUT2D eigenvalue weighted by molar-refractivity contribution is -0.137. The molecular formula is C18H15F3N4O. The van der Waals surface area contributed by atoms with Gasteiger partial charge in [-0.1, -0.05) is 6.07 Å². The molecule has 5 nitrogen and oxygen atoms in total. The smallest absolute Gasteiger partial charge is 0.371 e. The maximum absolute atomic E-state index is 13.1. The third-order valence-corrected chi connectivity index (χ3v) is 4.49. The van der Waals surface area contributed by atoms with Crippen LogP contribution in [0.25, 0.3) is 0 Å². The van der Waals surface area contributed by atoms with Gasteiger partial charge in [-0.05, 0) is 36.2 Å². The van der Waals surface area contributed by atoms with Crippen molar-refractivity contribution in [2.24, 2.45) is 5.73 Å². The van der Waals surface area contributed by atoms with Crippen molar-refractivity contribution in [3.05, 3.63) is 58.9 Å². The van der Waals surface area contributed by atoms with Crippen LogP contribution in [-0.2, 0) is 6.18 Å². The molecule has 0 bridgehead atoms. The average molecular weight is 360 g/mol. The van der Waals surface area contributed by atoms with E-state index in [1.54, 1.807) is 24.4 Å². The summed E-state index contributed by atoms with van der Waals surface area (Å²) in [5.74, 6) is -0.517. The van der Waals surface area contributed by atoms with Crippen LogP contribution >= 0.6 is 0 Å². The largest absolute Gasteiger partial charge is 0.417 e. The van der Waals surface area contributed by atoms with Crippen molar-refractivity contribution in [3.8, 4) is 6.07 Å². The summed E-state index contributed by atoms with van der Waals surface area (Å²) in [7, 11) is 0. The summed E-state index contributed by atoms with van der Waals surface area (Å²) in [4.78, 5) is 16.9. The molecule has 8 heteroatoms. The Morgan fingerprint density at radius 1 is 1.31 bits per heavy atom. The van der Waals surface area contributed by atoms with Crippen LogP contribution in [0.1, 0.15) is 39.5 Å². The number of anilines is 1. The Morgan fingerprint density at radius 2 is 2.08 bits per heavy atom. The van der Waals surface area contributed by atoms with Crippen LogP contribution in [0.3, 0.4) is 0 Å². The number of carbonyl (C=O) groups is 1. The number of nitrogens with two attached hydrogens (primary N) is 1. The zero-order valence-corrected chi connectivity index (χ0v) is 13.6. The topological polar surface area (TPSA) is 83.0 Å². The van der Waals surface area contributed by atoms with E-state index in [1.165, 1.54) is 12.1 Å². The molecule has 0 aliphatic carbocycles. The number of pyridine rings is 1. The molecule has 2 N–H and O–H groups in total. The van der Waals surface area contributed by atoms with Gasteiger partial charge in [0.2, 0.25) is 0 Å². The van der Waals surface area contributed by atoms with Crippen molar-refractivity contribution in [1.82, 2.24) is 4.98 Å². The van der Waals surface area contributed by atoms with Crippen LogP contribution < -0.4 is 10.6 Å². The van der Waals surface area contributed by atoms with Crippen LogP contribution in [0.4, 0.5) is 18.9 Å². The number of halogens is 3. The monoisotopic (exact) mass is 360 g/mol. The first-order valence-electron chi connectivity index (χ1n) is 7.91. The van der Waals surface area contributed by atoms with E-state index in [1.807, 2.05) is 4.90 Å². The van der Waals surface area contributed by atoms with Gasteiger partial charge in [0, 0.05) is 30.9 Å². The second-order valence-electron chi connectivity index (χ2n) is 6.11. The molecule has 26 heavy (non-hydrogen) atoms.